The molecule has 0 aliphatic carbocycles. The zero-order chi connectivity index (χ0) is 21.0. The van der Waals surface area contributed by atoms with Crippen LogP contribution >= 0.6 is 34.8 Å². The Morgan fingerprint density at radius 1 is 0.931 bits per heavy atom. The molecule has 29 heavy (non-hydrogen) atoms. The summed E-state index contributed by atoms with van der Waals surface area (Å²) >= 11 is 18.2. The molecule has 0 radical (unpaired) electrons. The predicted octanol–water partition coefficient (Wildman–Crippen LogP) is 3.39. The number of rotatable bonds is 7. The number of sulfonamides is 1. The Morgan fingerprint density at radius 2 is 1.52 bits per heavy atom. The van der Waals surface area contributed by atoms with Crippen LogP contribution in [0.3, 0.4) is 0 Å². The van der Waals surface area contributed by atoms with E-state index in [1.54, 1.807) is 30.3 Å². The largest absolute Gasteiger partial charge is 0.489 e. The van der Waals surface area contributed by atoms with Gasteiger partial charge < -0.3 is 9.84 Å². The number of β-amino-alcohol motifs (C(OH)–C–C–N with tert-alkyl or cyclic N) is 1. The smallest absolute Gasteiger partial charge is 0.246 e. The average Bonchev–Trinajstić information content (AvgIpc) is 2.67. The van der Waals surface area contributed by atoms with Crippen molar-refractivity contribution in [1.29, 1.82) is 0 Å². The number of nitrogens with zero attached hydrogens (tertiary/aromatic N) is 2. The van der Waals surface area contributed by atoms with E-state index in [0.29, 0.717) is 30.4 Å². The topological polar surface area (TPSA) is 70.1 Å². The van der Waals surface area contributed by atoms with Crippen molar-refractivity contribution in [3.63, 3.8) is 0 Å². The fourth-order valence-corrected chi connectivity index (χ4v) is 5.81. The highest BCUT2D eigenvalue weighted by molar-refractivity contribution is 7.89. The molecule has 0 spiro atoms. The fourth-order valence-electron chi connectivity index (χ4n) is 3.11. The van der Waals surface area contributed by atoms with E-state index in [0.717, 1.165) is 0 Å². The quantitative estimate of drug-likeness (QED) is 0.659. The van der Waals surface area contributed by atoms with Crippen molar-refractivity contribution >= 4 is 44.8 Å². The highest BCUT2D eigenvalue weighted by Gasteiger charge is 2.32. The Hall–Kier alpha value is -1.06. The molecule has 1 aliphatic rings. The summed E-state index contributed by atoms with van der Waals surface area (Å²) in [6.07, 6.45) is -0.729. The molecule has 1 saturated heterocycles. The molecule has 0 bridgehead atoms. The van der Waals surface area contributed by atoms with Gasteiger partial charge in [-0.1, -0.05) is 53.0 Å². The maximum atomic E-state index is 12.9. The van der Waals surface area contributed by atoms with Gasteiger partial charge in [-0.05, 0) is 24.3 Å². The summed E-state index contributed by atoms with van der Waals surface area (Å²) in [4.78, 5) is 1.92. The zero-order valence-electron chi connectivity index (χ0n) is 15.5. The van der Waals surface area contributed by atoms with Crippen LogP contribution in [0.5, 0.6) is 5.75 Å². The Balaban J connectivity index is 1.53. The lowest BCUT2D eigenvalue weighted by Crippen LogP contribution is -2.50. The number of hydrogen-bond donors (Lipinski definition) is 1. The van der Waals surface area contributed by atoms with Crippen molar-refractivity contribution in [3.05, 3.63) is 57.5 Å². The summed E-state index contributed by atoms with van der Waals surface area (Å²) in [7, 11) is -3.79. The molecule has 3 rings (SSSR count). The van der Waals surface area contributed by atoms with Crippen LogP contribution in [0.2, 0.25) is 15.1 Å². The van der Waals surface area contributed by atoms with E-state index in [1.165, 1.54) is 16.4 Å². The number of hydrogen-bond acceptors (Lipinski definition) is 5. The highest BCUT2D eigenvalue weighted by atomic mass is 35.5. The third-order valence-electron chi connectivity index (χ3n) is 4.58. The SMILES string of the molecule is O=S(=O)(c1c(Cl)cccc1Cl)N1CCN(CC(O)COc2ccccc2Cl)CC1. The second kappa shape index (κ2) is 9.83. The van der Waals surface area contributed by atoms with Crippen LogP contribution in [0, 0.1) is 0 Å². The standard InChI is InChI=1S/C19H21Cl3N2O4S/c20-15-4-1-2-7-18(15)28-13-14(25)12-23-8-10-24(11-9-23)29(26,27)19-16(21)5-3-6-17(19)22/h1-7,14,25H,8-13H2. The molecular formula is C19H21Cl3N2O4S. The highest BCUT2D eigenvalue weighted by Crippen LogP contribution is 2.32. The van der Waals surface area contributed by atoms with Crippen molar-refractivity contribution < 1.29 is 18.3 Å². The Labute approximate surface area is 185 Å². The summed E-state index contributed by atoms with van der Waals surface area (Å²) in [6.45, 7) is 1.97. The summed E-state index contributed by atoms with van der Waals surface area (Å²) in [5, 5.41) is 10.9. The van der Waals surface area contributed by atoms with Crippen molar-refractivity contribution in [3.8, 4) is 5.75 Å². The van der Waals surface area contributed by atoms with Crippen LogP contribution in [0.15, 0.2) is 47.4 Å². The second-order valence-corrected chi connectivity index (χ2v) is 9.75. The van der Waals surface area contributed by atoms with Crippen LogP contribution in [0.1, 0.15) is 0 Å². The molecule has 0 aromatic heterocycles. The van der Waals surface area contributed by atoms with Gasteiger partial charge in [0.1, 0.15) is 23.4 Å². The molecule has 158 valence electrons. The fraction of sp³-hybridized carbons (Fsp3) is 0.368. The Kier molecular flexibility index (Phi) is 7.67. The summed E-state index contributed by atoms with van der Waals surface area (Å²) in [6, 6.07) is 11.7. The Morgan fingerprint density at radius 3 is 2.14 bits per heavy atom. The van der Waals surface area contributed by atoms with E-state index < -0.39 is 16.1 Å². The van der Waals surface area contributed by atoms with Crippen LogP contribution in [-0.2, 0) is 10.0 Å². The lowest BCUT2D eigenvalue weighted by Gasteiger charge is -2.35. The summed E-state index contributed by atoms with van der Waals surface area (Å²) in [5.41, 5.74) is 0. The monoisotopic (exact) mass is 478 g/mol. The van der Waals surface area contributed by atoms with Gasteiger partial charge in [0.05, 0.1) is 15.1 Å². The molecule has 0 amide bonds. The minimum atomic E-state index is -3.79. The molecule has 1 atom stereocenters. The molecule has 6 nitrogen and oxygen atoms in total. The molecule has 1 N–H and O–H groups in total. The molecule has 10 heteroatoms. The lowest BCUT2D eigenvalue weighted by atomic mass is 10.3. The van der Waals surface area contributed by atoms with Crippen LogP contribution in [0.4, 0.5) is 0 Å². The van der Waals surface area contributed by atoms with Crippen molar-refractivity contribution in [1.82, 2.24) is 9.21 Å². The number of piperazine rings is 1. The number of ether oxygens (including phenoxy) is 1. The van der Waals surface area contributed by atoms with Crippen LogP contribution < -0.4 is 4.74 Å². The number of aliphatic hydroxyl groups excluding tert-OH is 1. The number of aliphatic hydroxyl groups is 1. The van der Waals surface area contributed by atoms with Crippen LogP contribution in [-0.4, -0.2) is 68.2 Å². The third kappa shape index (κ3) is 5.55. The van der Waals surface area contributed by atoms with E-state index in [1.807, 2.05) is 4.90 Å². The number of para-hydroxylation sites is 1. The van der Waals surface area contributed by atoms with Crippen molar-refractivity contribution in [2.75, 3.05) is 39.3 Å². The zero-order valence-corrected chi connectivity index (χ0v) is 18.6. The van der Waals surface area contributed by atoms with Gasteiger partial charge in [-0.3, -0.25) is 4.90 Å². The van der Waals surface area contributed by atoms with Crippen LogP contribution in [0.25, 0.3) is 0 Å². The predicted molar refractivity (Wildman–Crippen MR) is 115 cm³/mol. The molecule has 1 heterocycles. The van der Waals surface area contributed by atoms with Gasteiger partial charge in [-0.15, -0.1) is 0 Å². The normalized spacial score (nSPS) is 17.2. The Bertz CT molecular complexity index is 930. The van der Waals surface area contributed by atoms with Gasteiger partial charge in [-0.2, -0.15) is 4.31 Å². The lowest BCUT2D eigenvalue weighted by molar-refractivity contribution is 0.0569. The molecule has 2 aromatic rings. The minimum Gasteiger partial charge on any atom is -0.489 e. The molecule has 1 unspecified atom stereocenters. The summed E-state index contributed by atoms with van der Waals surface area (Å²) in [5.74, 6) is 0.515. The maximum Gasteiger partial charge on any atom is 0.246 e. The first-order chi connectivity index (χ1) is 13.8. The van der Waals surface area contributed by atoms with Gasteiger partial charge >= 0.3 is 0 Å². The third-order valence-corrected chi connectivity index (χ3v) is 7.75. The first kappa shape index (κ1) is 22.6. The number of halogens is 3. The molecular weight excluding hydrogens is 459 g/mol. The van der Waals surface area contributed by atoms with Gasteiger partial charge in [0.25, 0.3) is 0 Å². The first-order valence-corrected chi connectivity index (χ1v) is 11.6. The van der Waals surface area contributed by atoms with E-state index >= 15 is 0 Å². The average molecular weight is 480 g/mol. The molecule has 1 aliphatic heterocycles. The van der Waals surface area contributed by atoms with Crippen molar-refractivity contribution in [2.45, 2.75) is 11.0 Å². The van der Waals surface area contributed by atoms with Crippen molar-refractivity contribution in [2.24, 2.45) is 0 Å². The van der Waals surface area contributed by atoms with Gasteiger partial charge in [0, 0.05) is 32.7 Å². The minimum absolute atomic E-state index is 0.0649. The van der Waals surface area contributed by atoms with Gasteiger partial charge in [0.15, 0.2) is 0 Å². The van der Waals surface area contributed by atoms with Gasteiger partial charge in [0.2, 0.25) is 10.0 Å². The van der Waals surface area contributed by atoms with E-state index in [4.69, 9.17) is 39.5 Å². The first-order valence-electron chi connectivity index (χ1n) is 9.01. The summed E-state index contributed by atoms with van der Waals surface area (Å²) < 4.78 is 32.7. The van der Waals surface area contributed by atoms with E-state index in [-0.39, 0.29) is 34.6 Å². The van der Waals surface area contributed by atoms with Gasteiger partial charge in [-0.25, -0.2) is 8.42 Å². The van der Waals surface area contributed by atoms with E-state index in [2.05, 4.69) is 0 Å². The maximum absolute atomic E-state index is 12.9. The molecule has 1 fully saturated rings. The number of benzene rings is 2. The molecule has 0 saturated carbocycles. The van der Waals surface area contributed by atoms with E-state index in [9.17, 15) is 13.5 Å². The molecule has 2 aromatic carbocycles. The second-order valence-electron chi connectivity index (χ2n) is 6.65.